The van der Waals surface area contributed by atoms with Gasteiger partial charge in [0.1, 0.15) is 0 Å². The van der Waals surface area contributed by atoms with Gasteiger partial charge in [-0.1, -0.05) is 38.5 Å². The van der Waals surface area contributed by atoms with Crippen LogP contribution in [0.15, 0.2) is 0 Å². The molecule has 0 heterocycles. The zero-order valence-corrected chi connectivity index (χ0v) is 12.3. The molecule has 2 aliphatic rings. The largest absolute Gasteiger partial charge is 0.319 e. The molecule has 2 unspecified atom stereocenters. The summed E-state index contributed by atoms with van der Waals surface area (Å²) in [6.45, 7) is 0. The first kappa shape index (κ1) is 14.6. The van der Waals surface area contributed by atoms with E-state index >= 15 is 0 Å². The van der Waals surface area contributed by atoms with Gasteiger partial charge in [0, 0.05) is 0 Å². The van der Waals surface area contributed by atoms with Gasteiger partial charge in [-0.15, -0.1) is 0 Å². The van der Waals surface area contributed by atoms with E-state index in [1.54, 1.807) is 0 Å². The van der Waals surface area contributed by atoms with E-state index in [0.29, 0.717) is 0 Å². The van der Waals surface area contributed by atoms with E-state index in [2.05, 4.69) is 0 Å². The third-order valence-electron chi connectivity index (χ3n) is 3.71. The summed E-state index contributed by atoms with van der Waals surface area (Å²) in [4.78, 5) is 0. The highest BCUT2D eigenvalue weighted by atomic mass is 32.3. The topological polar surface area (TPSA) is 52.6 Å². The third kappa shape index (κ3) is 4.72. The molecular weight excluding hydrogens is 272 g/mol. The van der Waals surface area contributed by atoms with Crippen molar-refractivity contribution in [2.75, 3.05) is 0 Å². The van der Waals surface area contributed by atoms with E-state index < -0.39 is 22.4 Å². The Morgan fingerprint density at radius 1 is 0.778 bits per heavy atom. The first-order valence-electron chi connectivity index (χ1n) is 6.94. The van der Waals surface area contributed by atoms with Crippen LogP contribution in [0.1, 0.15) is 64.2 Å². The quantitative estimate of drug-likeness (QED) is 0.782. The maximum atomic E-state index is 11.9. The predicted molar refractivity (Wildman–Crippen MR) is 72.2 cm³/mol. The summed E-state index contributed by atoms with van der Waals surface area (Å²) in [7, 11) is 0. The monoisotopic (exact) mass is 294 g/mol. The maximum Gasteiger partial charge on any atom is 0.319 e. The van der Waals surface area contributed by atoms with Gasteiger partial charge >= 0.3 is 11.4 Å². The lowest BCUT2D eigenvalue weighted by atomic mass is 9.98. The Kier molecular flexibility index (Phi) is 6.28. The van der Waals surface area contributed by atoms with Crippen LogP contribution in [-0.2, 0) is 30.3 Å². The van der Waals surface area contributed by atoms with Crippen LogP contribution in [0.2, 0.25) is 0 Å². The van der Waals surface area contributed by atoms with Crippen LogP contribution in [0.25, 0.3) is 0 Å². The smallest absolute Gasteiger partial charge is 0.264 e. The molecule has 4 nitrogen and oxygen atoms in total. The molecule has 0 N–H and O–H groups in total. The van der Waals surface area contributed by atoms with E-state index in [0.717, 1.165) is 51.4 Å². The fourth-order valence-corrected chi connectivity index (χ4v) is 4.80. The average Bonchev–Trinajstić information content (AvgIpc) is 2.40. The summed E-state index contributed by atoms with van der Waals surface area (Å²) in [5, 5.41) is 0.0395. The molecule has 2 rings (SSSR count). The summed E-state index contributed by atoms with van der Waals surface area (Å²) >= 11 is -3.32. The molecule has 2 saturated carbocycles. The summed E-state index contributed by atoms with van der Waals surface area (Å²) < 4.78 is 33.8. The van der Waals surface area contributed by atoms with Crippen LogP contribution in [0, 0.1) is 0 Å². The van der Waals surface area contributed by atoms with Crippen molar-refractivity contribution in [1.29, 1.82) is 0 Å². The minimum absolute atomic E-state index is 0.0166. The molecule has 0 aliphatic heterocycles. The Balaban J connectivity index is 1.70. The predicted octanol–water partition coefficient (Wildman–Crippen LogP) is 2.93. The van der Waals surface area contributed by atoms with Crippen molar-refractivity contribution in [2.24, 2.45) is 0 Å². The molecule has 0 bridgehead atoms. The van der Waals surface area contributed by atoms with Crippen molar-refractivity contribution in [2.45, 2.75) is 75.6 Å². The molecule has 0 aromatic rings. The van der Waals surface area contributed by atoms with Crippen LogP contribution >= 0.6 is 0 Å². The molecule has 2 aliphatic carbocycles. The summed E-state index contributed by atoms with van der Waals surface area (Å²) in [5.41, 5.74) is 0. The van der Waals surface area contributed by atoms with E-state index in [-0.39, 0.29) is 11.4 Å². The molecule has 2 fully saturated rings. The summed E-state index contributed by atoms with van der Waals surface area (Å²) in [6, 6.07) is 0. The van der Waals surface area contributed by atoms with Gasteiger partial charge in [-0.2, -0.15) is 7.84 Å². The molecule has 106 valence electrons. The summed E-state index contributed by atoms with van der Waals surface area (Å²) in [5.74, 6) is 0. The molecule has 2 atom stereocenters. The van der Waals surface area contributed by atoms with Crippen molar-refractivity contribution in [3.05, 3.63) is 0 Å². The molecule has 0 aromatic carbocycles. The van der Waals surface area contributed by atoms with Crippen LogP contribution in [0.4, 0.5) is 0 Å². The molecule has 6 heteroatoms. The van der Waals surface area contributed by atoms with Gasteiger partial charge in [0.15, 0.2) is 11.1 Å². The lowest BCUT2D eigenvalue weighted by Crippen LogP contribution is -2.24. The molecular formula is C12H22O4S2. The Bertz CT molecular complexity index is 296. The maximum absolute atomic E-state index is 11.9. The first-order valence-corrected chi connectivity index (χ1v) is 9.08. The van der Waals surface area contributed by atoms with Crippen molar-refractivity contribution in [1.82, 2.24) is 0 Å². The van der Waals surface area contributed by atoms with Crippen LogP contribution in [0.3, 0.4) is 0 Å². The number of hydrogen-bond donors (Lipinski definition) is 0. The minimum Gasteiger partial charge on any atom is -0.264 e. The first-order chi connectivity index (χ1) is 8.75. The number of hydrogen-bond acceptors (Lipinski definition) is 4. The second kappa shape index (κ2) is 7.72. The molecule has 0 aromatic heterocycles. The highest BCUT2D eigenvalue weighted by Crippen LogP contribution is 2.24. The third-order valence-corrected chi connectivity index (χ3v) is 6.14. The van der Waals surface area contributed by atoms with Crippen molar-refractivity contribution < 1.29 is 16.2 Å². The summed E-state index contributed by atoms with van der Waals surface area (Å²) in [6.07, 6.45) is 10.6. The molecule has 0 radical (unpaired) electrons. The van der Waals surface area contributed by atoms with Gasteiger partial charge in [-0.3, -0.25) is 4.18 Å². The Morgan fingerprint density at radius 3 is 1.94 bits per heavy atom. The van der Waals surface area contributed by atoms with Gasteiger partial charge in [0.2, 0.25) is 0 Å². The van der Waals surface area contributed by atoms with Crippen molar-refractivity contribution in [3.8, 4) is 0 Å². The fourth-order valence-electron chi connectivity index (χ4n) is 2.66. The SMILES string of the molecule is O=S(OC1CCCCC1)OS(=O)C1CCCCC1. The average molecular weight is 294 g/mol. The van der Waals surface area contributed by atoms with Gasteiger partial charge in [-0.05, 0) is 25.7 Å². The highest BCUT2D eigenvalue weighted by molar-refractivity contribution is 7.91. The van der Waals surface area contributed by atoms with E-state index in [9.17, 15) is 8.42 Å². The van der Waals surface area contributed by atoms with Crippen molar-refractivity contribution >= 4 is 22.4 Å². The van der Waals surface area contributed by atoms with E-state index in [1.165, 1.54) is 12.8 Å². The Labute approximate surface area is 114 Å². The lowest BCUT2D eigenvalue weighted by Gasteiger charge is -2.22. The molecule has 0 spiro atoms. The molecule has 0 amide bonds. The highest BCUT2D eigenvalue weighted by Gasteiger charge is 2.25. The van der Waals surface area contributed by atoms with Crippen molar-refractivity contribution in [3.63, 3.8) is 0 Å². The minimum atomic E-state index is -1.85. The molecule has 0 saturated heterocycles. The van der Waals surface area contributed by atoms with Gasteiger partial charge in [-0.25, -0.2) is 4.21 Å². The van der Waals surface area contributed by atoms with E-state index in [4.69, 9.17) is 7.81 Å². The van der Waals surface area contributed by atoms with Gasteiger partial charge in [0.05, 0.1) is 11.4 Å². The zero-order valence-electron chi connectivity index (χ0n) is 10.7. The standard InChI is InChI=1S/C12H22O4S2/c13-17(12-9-5-2-6-10-12)16-18(14)15-11-7-3-1-4-8-11/h11-12H,1-10H2. The van der Waals surface area contributed by atoms with Gasteiger partial charge in [0.25, 0.3) is 0 Å². The lowest BCUT2D eigenvalue weighted by molar-refractivity contribution is 0.161. The fraction of sp³-hybridized carbons (Fsp3) is 1.00. The van der Waals surface area contributed by atoms with Crippen LogP contribution in [-0.4, -0.2) is 19.8 Å². The Hall–Kier alpha value is 0.220. The van der Waals surface area contributed by atoms with E-state index in [1.807, 2.05) is 0 Å². The van der Waals surface area contributed by atoms with Crippen LogP contribution in [0.5, 0.6) is 0 Å². The van der Waals surface area contributed by atoms with Crippen LogP contribution < -0.4 is 0 Å². The number of rotatable bonds is 5. The second-order valence-electron chi connectivity index (χ2n) is 5.15. The Morgan fingerprint density at radius 2 is 1.33 bits per heavy atom. The normalized spacial score (nSPS) is 26.9. The second-order valence-corrected chi connectivity index (χ2v) is 7.48. The van der Waals surface area contributed by atoms with Gasteiger partial charge < -0.3 is 0 Å². The molecule has 18 heavy (non-hydrogen) atoms. The zero-order chi connectivity index (χ0) is 12.8.